The Morgan fingerprint density at radius 1 is 1.29 bits per heavy atom. The third-order valence-corrected chi connectivity index (χ3v) is 2.67. The number of hydrogen-bond donors (Lipinski definition) is 1. The highest BCUT2D eigenvalue weighted by Gasteiger charge is 2.42. The van der Waals surface area contributed by atoms with Gasteiger partial charge in [0, 0.05) is 13.0 Å². The first-order valence-electron chi connectivity index (χ1n) is 4.70. The molecule has 0 fully saturated rings. The Labute approximate surface area is 109 Å². The first kappa shape index (κ1) is 16.5. The lowest BCUT2D eigenvalue weighted by molar-refractivity contribution is -0.182. The second kappa shape index (κ2) is 5.88. The van der Waals surface area contributed by atoms with Crippen molar-refractivity contribution in [1.82, 2.24) is 14.8 Å². The maximum atomic E-state index is 12.5. The Balaban J connectivity index is 0.00000128. The van der Waals surface area contributed by atoms with Gasteiger partial charge in [0.25, 0.3) is 0 Å². The Kier molecular flexibility index (Phi) is 5.70. The van der Waals surface area contributed by atoms with E-state index in [0.29, 0.717) is 18.1 Å². The molecule has 17 heavy (non-hydrogen) atoms. The van der Waals surface area contributed by atoms with Crippen LogP contribution in [0.15, 0.2) is 0 Å². The van der Waals surface area contributed by atoms with Crippen molar-refractivity contribution in [3.05, 3.63) is 11.6 Å². The minimum absolute atomic E-state index is 0. The molecule has 0 bridgehead atoms. The highest BCUT2D eigenvalue weighted by Crippen LogP contribution is 2.34. The summed E-state index contributed by atoms with van der Waals surface area (Å²) in [6.45, 7) is 0.0238. The second-order valence-electron chi connectivity index (χ2n) is 3.62. The van der Waals surface area contributed by atoms with Gasteiger partial charge in [-0.25, -0.2) is 0 Å². The lowest BCUT2D eigenvalue weighted by Crippen LogP contribution is -2.33. The molecule has 0 amide bonds. The Morgan fingerprint density at radius 3 is 2.47 bits per heavy atom. The normalized spacial score (nSPS) is 18.9. The third-order valence-electron chi connectivity index (χ3n) is 2.67. The minimum atomic E-state index is -4.15. The van der Waals surface area contributed by atoms with Crippen LogP contribution < -0.4 is 5.73 Å². The molecular formula is C8H13Cl2F3N4. The maximum absolute atomic E-state index is 12.5. The molecule has 1 atom stereocenters. The van der Waals surface area contributed by atoms with Crippen molar-refractivity contribution < 1.29 is 13.2 Å². The summed E-state index contributed by atoms with van der Waals surface area (Å²) in [5, 5.41) is 7.56. The molecule has 0 aliphatic carbocycles. The van der Waals surface area contributed by atoms with Crippen LogP contribution in [0, 0.1) is 5.92 Å². The molecule has 4 nitrogen and oxygen atoms in total. The third kappa shape index (κ3) is 3.23. The number of fused-ring (bicyclic) bond motifs is 1. The monoisotopic (exact) mass is 292 g/mol. The van der Waals surface area contributed by atoms with Crippen molar-refractivity contribution in [3.8, 4) is 0 Å². The Morgan fingerprint density at radius 2 is 1.94 bits per heavy atom. The van der Waals surface area contributed by atoms with E-state index in [2.05, 4.69) is 10.2 Å². The highest BCUT2D eigenvalue weighted by molar-refractivity contribution is 5.85. The lowest BCUT2D eigenvalue weighted by atomic mass is 9.99. The van der Waals surface area contributed by atoms with Gasteiger partial charge < -0.3 is 10.3 Å². The molecule has 100 valence electrons. The van der Waals surface area contributed by atoms with Crippen LogP contribution in [0.25, 0.3) is 0 Å². The molecule has 1 aliphatic rings. The summed E-state index contributed by atoms with van der Waals surface area (Å²) in [6, 6.07) is 0. The molecule has 0 spiro atoms. The van der Waals surface area contributed by atoms with Crippen molar-refractivity contribution in [2.45, 2.75) is 32.1 Å². The van der Waals surface area contributed by atoms with Gasteiger partial charge in [-0.05, 0) is 6.42 Å². The van der Waals surface area contributed by atoms with E-state index in [-0.39, 0.29) is 44.3 Å². The van der Waals surface area contributed by atoms with Crippen LogP contribution in [-0.4, -0.2) is 20.9 Å². The number of nitrogens with zero attached hydrogens (tertiary/aromatic N) is 3. The standard InChI is InChI=1S/C8H11F3N4.2ClH/c9-8(10,11)5-1-2-6-13-14-7(3-12)15(6)4-5;;/h5H,1-4,12H2;2*1H. The summed E-state index contributed by atoms with van der Waals surface area (Å²) in [7, 11) is 0. The van der Waals surface area contributed by atoms with Gasteiger partial charge in [0.15, 0.2) is 0 Å². The summed E-state index contributed by atoms with van der Waals surface area (Å²) in [5.41, 5.74) is 5.37. The van der Waals surface area contributed by atoms with E-state index in [1.807, 2.05) is 0 Å². The predicted molar refractivity (Wildman–Crippen MR) is 60.3 cm³/mol. The van der Waals surface area contributed by atoms with Gasteiger partial charge in [-0.1, -0.05) is 0 Å². The van der Waals surface area contributed by atoms with Gasteiger partial charge in [-0.3, -0.25) is 0 Å². The highest BCUT2D eigenvalue weighted by atomic mass is 35.5. The molecule has 2 rings (SSSR count). The van der Waals surface area contributed by atoms with Crippen LogP contribution in [-0.2, 0) is 19.5 Å². The molecule has 0 aromatic carbocycles. The van der Waals surface area contributed by atoms with E-state index in [0.717, 1.165) is 0 Å². The molecule has 1 aliphatic heterocycles. The molecule has 9 heteroatoms. The molecular weight excluding hydrogens is 280 g/mol. The number of rotatable bonds is 1. The largest absolute Gasteiger partial charge is 0.393 e. The molecule has 2 N–H and O–H groups in total. The average Bonchev–Trinajstić information content (AvgIpc) is 2.57. The topological polar surface area (TPSA) is 56.7 Å². The van der Waals surface area contributed by atoms with Crippen molar-refractivity contribution >= 4 is 24.8 Å². The fourth-order valence-electron chi connectivity index (χ4n) is 1.80. The number of aryl methyl sites for hydroxylation is 1. The maximum Gasteiger partial charge on any atom is 0.393 e. The average molecular weight is 293 g/mol. The van der Waals surface area contributed by atoms with E-state index in [1.165, 1.54) is 4.57 Å². The first-order valence-corrected chi connectivity index (χ1v) is 4.70. The van der Waals surface area contributed by atoms with Crippen LogP contribution in [0.4, 0.5) is 13.2 Å². The van der Waals surface area contributed by atoms with Gasteiger partial charge in [-0.2, -0.15) is 13.2 Å². The predicted octanol–water partition coefficient (Wildman–Crippen LogP) is 1.71. The lowest BCUT2D eigenvalue weighted by Gasteiger charge is -2.25. The number of hydrogen-bond acceptors (Lipinski definition) is 3. The fourth-order valence-corrected chi connectivity index (χ4v) is 1.80. The summed E-state index contributed by atoms with van der Waals surface area (Å²) in [4.78, 5) is 0. The van der Waals surface area contributed by atoms with Gasteiger partial charge in [0.2, 0.25) is 0 Å². The van der Waals surface area contributed by atoms with E-state index in [9.17, 15) is 13.2 Å². The van der Waals surface area contributed by atoms with Crippen LogP contribution >= 0.6 is 24.8 Å². The van der Waals surface area contributed by atoms with Crippen molar-refractivity contribution in [2.24, 2.45) is 11.7 Å². The quantitative estimate of drug-likeness (QED) is 0.857. The second-order valence-corrected chi connectivity index (χ2v) is 3.62. The van der Waals surface area contributed by atoms with Gasteiger partial charge in [0.1, 0.15) is 11.6 Å². The smallest absolute Gasteiger partial charge is 0.324 e. The van der Waals surface area contributed by atoms with Crippen LogP contribution in [0.2, 0.25) is 0 Å². The number of aromatic nitrogens is 3. The van der Waals surface area contributed by atoms with Crippen molar-refractivity contribution in [1.29, 1.82) is 0 Å². The van der Waals surface area contributed by atoms with Crippen molar-refractivity contribution in [3.63, 3.8) is 0 Å². The zero-order valence-corrected chi connectivity index (χ0v) is 10.4. The number of nitrogens with two attached hydrogens (primary N) is 1. The fraction of sp³-hybridized carbons (Fsp3) is 0.750. The van der Waals surface area contributed by atoms with Gasteiger partial charge >= 0.3 is 6.18 Å². The summed E-state index contributed by atoms with van der Waals surface area (Å²) in [6.07, 6.45) is -3.74. The number of halogens is 5. The number of alkyl halides is 3. The molecule has 0 saturated heterocycles. The Hall–Kier alpha value is -0.530. The molecule has 0 saturated carbocycles. The van der Waals surface area contributed by atoms with Gasteiger partial charge in [0.05, 0.1) is 12.5 Å². The summed E-state index contributed by atoms with van der Waals surface area (Å²) < 4.78 is 39.0. The molecule has 1 aromatic rings. The van der Waals surface area contributed by atoms with Gasteiger partial charge in [-0.15, -0.1) is 35.0 Å². The summed E-state index contributed by atoms with van der Waals surface area (Å²) >= 11 is 0. The van der Waals surface area contributed by atoms with E-state index in [4.69, 9.17) is 5.73 Å². The Bertz CT molecular complexity index is 353. The first-order chi connectivity index (χ1) is 7.02. The zero-order valence-electron chi connectivity index (χ0n) is 8.78. The molecule has 1 unspecified atom stereocenters. The SMILES string of the molecule is Cl.Cl.NCc1nnc2n1CC(C(F)(F)F)CC2. The van der Waals surface area contributed by atoms with Crippen LogP contribution in [0.3, 0.4) is 0 Å². The zero-order chi connectivity index (χ0) is 11.1. The van der Waals surface area contributed by atoms with E-state index < -0.39 is 12.1 Å². The molecule has 1 aromatic heterocycles. The summed E-state index contributed by atoms with van der Waals surface area (Å²) in [5.74, 6) is -0.263. The minimum Gasteiger partial charge on any atom is -0.324 e. The van der Waals surface area contributed by atoms with E-state index >= 15 is 0 Å². The van der Waals surface area contributed by atoms with Crippen LogP contribution in [0.5, 0.6) is 0 Å². The van der Waals surface area contributed by atoms with Crippen LogP contribution in [0.1, 0.15) is 18.1 Å². The molecule has 0 radical (unpaired) electrons. The molecule has 2 heterocycles. The van der Waals surface area contributed by atoms with E-state index in [1.54, 1.807) is 0 Å². The van der Waals surface area contributed by atoms with Crippen molar-refractivity contribution in [2.75, 3.05) is 0 Å².